The van der Waals surface area contributed by atoms with E-state index in [1.165, 1.54) is 19.4 Å². The van der Waals surface area contributed by atoms with Crippen molar-refractivity contribution in [2.24, 2.45) is 28.7 Å². The first-order chi connectivity index (χ1) is 29.4. The standard InChI is InChI=1S/C46H70BN7O8/c1-8-9-12-30-14-16-31(17-15-30)32-18-20-33(21-19-32)41(57)53-36(22-24-49)43(59)54-39(28(3)55)44(60)50-27(2)40(56)52-35(13-10-11-23-48)42(58)51-29(4)47-61-38-26-34-25-37(45(34,5)6)46(38,7)62-47/h14-21,27-29,34-39,55H,8-13,22-26,48-49H2,1-7H3,(H,50,60)(H,51,58)(H,52,56)(H,53,57)(H,54,59)/t27-,28+,29-,34-,35-,36-,37-,38?,39-,46-/m0/s1. The predicted molar refractivity (Wildman–Crippen MR) is 239 cm³/mol. The highest BCUT2D eigenvalue weighted by Gasteiger charge is 2.68. The number of rotatable bonds is 22. The lowest BCUT2D eigenvalue weighted by Crippen LogP contribution is -2.65. The van der Waals surface area contributed by atoms with Crippen LogP contribution in [0, 0.1) is 17.3 Å². The molecular formula is C46H70BN7O8. The van der Waals surface area contributed by atoms with E-state index in [1.54, 1.807) is 12.1 Å². The lowest BCUT2D eigenvalue weighted by Gasteiger charge is -2.64. The Morgan fingerprint density at radius 3 is 1.98 bits per heavy atom. The van der Waals surface area contributed by atoms with E-state index in [-0.39, 0.29) is 24.5 Å². The second-order valence-electron chi connectivity index (χ2n) is 18.4. The van der Waals surface area contributed by atoms with Crippen LogP contribution in [0.25, 0.3) is 11.1 Å². The van der Waals surface area contributed by atoms with Crippen LogP contribution in [0.1, 0.15) is 116 Å². The Kier molecular flexibility index (Phi) is 16.8. The Labute approximate surface area is 367 Å². The molecule has 0 spiro atoms. The van der Waals surface area contributed by atoms with Gasteiger partial charge >= 0.3 is 7.12 Å². The van der Waals surface area contributed by atoms with Crippen LogP contribution in [0.5, 0.6) is 0 Å². The molecule has 4 aliphatic rings. The van der Waals surface area contributed by atoms with Crippen molar-refractivity contribution in [3.63, 3.8) is 0 Å². The molecule has 3 aliphatic carbocycles. The van der Waals surface area contributed by atoms with Crippen LogP contribution >= 0.6 is 0 Å². The molecule has 10 atom stereocenters. The fourth-order valence-electron chi connectivity index (χ4n) is 9.33. The Balaban J connectivity index is 1.15. The van der Waals surface area contributed by atoms with Crippen molar-refractivity contribution >= 4 is 36.7 Å². The van der Waals surface area contributed by atoms with Crippen molar-refractivity contribution in [1.82, 2.24) is 26.6 Å². The van der Waals surface area contributed by atoms with E-state index < -0.39 is 78.5 Å². The molecule has 0 aromatic heterocycles. The number of aliphatic hydroxyl groups is 1. The van der Waals surface area contributed by atoms with Gasteiger partial charge in [-0.05, 0) is 138 Å². The van der Waals surface area contributed by atoms with Crippen molar-refractivity contribution in [2.75, 3.05) is 13.1 Å². The number of aliphatic hydroxyl groups excluding tert-OH is 1. The number of hydrogen-bond acceptors (Lipinski definition) is 10. The van der Waals surface area contributed by atoms with Gasteiger partial charge in [-0.25, -0.2) is 0 Å². The summed E-state index contributed by atoms with van der Waals surface area (Å²) in [5.41, 5.74) is 14.8. The highest BCUT2D eigenvalue weighted by Crippen LogP contribution is 2.65. The summed E-state index contributed by atoms with van der Waals surface area (Å²) in [4.78, 5) is 67.5. The minimum atomic E-state index is -1.49. The van der Waals surface area contributed by atoms with Gasteiger partial charge in [0.05, 0.1) is 23.8 Å². The summed E-state index contributed by atoms with van der Waals surface area (Å²) in [5, 5.41) is 24.1. The number of amides is 5. The Morgan fingerprint density at radius 1 is 0.758 bits per heavy atom. The van der Waals surface area contributed by atoms with Crippen LogP contribution in [-0.4, -0.2) is 103 Å². The maximum absolute atomic E-state index is 13.7. The maximum atomic E-state index is 13.7. The van der Waals surface area contributed by atoms with Gasteiger partial charge in [0.2, 0.25) is 23.6 Å². The Bertz CT molecular complexity index is 1860. The van der Waals surface area contributed by atoms with Crippen LogP contribution in [0.15, 0.2) is 48.5 Å². The molecule has 340 valence electrons. The van der Waals surface area contributed by atoms with Gasteiger partial charge in [0, 0.05) is 5.56 Å². The zero-order valence-electron chi connectivity index (χ0n) is 37.6. The molecule has 4 fully saturated rings. The van der Waals surface area contributed by atoms with Crippen LogP contribution in [0.4, 0.5) is 0 Å². The zero-order valence-corrected chi connectivity index (χ0v) is 37.6. The molecule has 1 aliphatic heterocycles. The van der Waals surface area contributed by atoms with E-state index in [9.17, 15) is 29.1 Å². The molecule has 6 rings (SSSR count). The SMILES string of the molecule is CCCCc1ccc(-c2ccc(C(=O)N[C@@H](CCN)C(=O)N[C@H](C(=O)N[C@@H](C)C(=O)N[C@@H](CCCCN)C(=O)N[C@@H](C)B3OC4C[C@@H]5C[C@@H](C5(C)C)[C@]4(C)O3)[C@@H](C)O)cc2)cc1. The van der Waals surface area contributed by atoms with Crippen LogP contribution in [0.2, 0.25) is 0 Å². The normalized spacial score (nSPS) is 23.9. The van der Waals surface area contributed by atoms with E-state index in [0.29, 0.717) is 43.2 Å². The summed E-state index contributed by atoms with van der Waals surface area (Å²) in [6, 6.07) is 10.6. The number of carbonyl (C=O) groups excluding carboxylic acids is 5. The summed E-state index contributed by atoms with van der Waals surface area (Å²) < 4.78 is 12.9. The summed E-state index contributed by atoms with van der Waals surface area (Å²) in [5.74, 6) is -2.74. The monoisotopic (exact) mass is 860 g/mol. The van der Waals surface area contributed by atoms with Gasteiger partial charge in [-0.2, -0.15) is 0 Å². The number of nitrogens with two attached hydrogens (primary N) is 2. The van der Waals surface area contributed by atoms with Crippen molar-refractivity contribution in [2.45, 2.75) is 154 Å². The highest BCUT2D eigenvalue weighted by molar-refractivity contribution is 6.47. The average Bonchev–Trinajstić information content (AvgIpc) is 3.61. The van der Waals surface area contributed by atoms with E-state index in [1.807, 2.05) is 19.1 Å². The maximum Gasteiger partial charge on any atom is 0.481 e. The van der Waals surface area contributed by atoms with Crippen molar-refractivity contribution in [3.8, 4) is 11.1 Å². The third kappa shape index (κ3) is 11.4. The predicted octanol–water partition coefficient (Wildman–Crippen LogP) is 2.90. The van der Waals surface area contributed by atoms with Gasteiger partial charge in [0.25, 0.3) is 5.91 Å². The van der Waals surface area contributed by atoms with Crippen LogP contribution in [-0.2, 0) is 34.9 Å². The minimum absolute atomic E-state index is 0.0486. The first-order valence-corrected chi connectivity index (χ1v) is 22.6. The van der Waals surface area contributed by atoms with Gasteiger partial charge in [0.1, 0.15) is 24.2 Å². The molecule has 2 aromatic rings. The number of aryl methyl sites for hydroxylation is 1. The van der Waals surface area contributed by atoms with Crippen molar-refractivity contribution in [3.05, 3.63) is 59.7 Å². The number of nitrogens with one attached hydrogen (secondary N) is 5. The largest absolute Gasteiger partial charge is 0.481 e. The second-order valence-corrected chi connectivity index (χ2v) is 18.4. The van der Waals surface area contributed by atoms with Gasteiger partial charge in [-0.1, -0.05) is 63.6 Å². The van der Waals surface area contributed by atoms with Gasteiger partial charge < -0.3 is 52.5 Å². The zero-order chi connectivity index (χ0) is 45.4. The van der Waals surface area contributed by atoms with E-state index in [4.69, 9.17) is 20.8 Å². The summed E-state index contributed by atoms with van der Waals surface area (Å²) in [7, 11) is -0.650. The van der Waals surface area contributed by atoms with Crippen LogP contribution in [0.3, 0.4) is 0 Å². The summed E-state index contributed by atoms with van der Waals surface area (Å²) in [6.07, 6.45) is 5.41. The second kappa shape index (κ2) is 21.4. The lowest BCUT2D eigenvalue weighted by atomic mass is 9.43. The fraction of sp³-hybridized carbons (Fsp3) is 0.630. The number of hydrogen-bond donors (Lipinski definition) is 8. The molecule has 3 saturated carbocycles. The minimum Gasteiger partial charge on any atom is -0.404 e. The molecule has 2 bridgehead atoms. The smallest absolute Gasteiger partial charge is 0.404 e. The molecule has 10 N–H and O–H groups in total. The molecule has 1 unspecified atom stereocenters. The van der Waals surface area contributed by atoms with E-state index in [0.717, 1.165) is 43.2 Å². The fourth-order valence-corrected chi connectivity index (χ4v) is 9.33. The molecule has 62 heavy (non-hydrogen) atoms. The molecule has 16 heteroatoms. The number of benzene rings is 2. The third-order valence-electron chi connectivity index (χ3n) is 13.5. The van der Waals surface area contributed by atoms with Crippen LogP contribution < -0.4 is 38.1 Å². The third-order valence-corrected chi connectivity index (χ3v) is 13.5. The van der Waals surface area contributed by atoms with E-state index in [2.05, 4.69) is 78.5 Å². The molecular weight excluding hydrogens is 789 g/mol. The van der Waals surface area contributed by atoms with Gasteiger partial charge in [-0.15, -0.1) is 0 Å². The molecule has 1 heterocycles. The van der Waals surface area contributed by atoms with Crippen molar-refractivity contribution < 1.29 is 38.4 Å². The quantitative estimate of drug-likeness (QED) is 0.0637. The Hall–Kier alpha value is -4.35. The van der Waals surface area contributed by atoms with Crippen molar-refractivity contribution in [1.29, 1.82) is 0 Å². The number of unbranched alkanes of at least 4 members (excludes halogenated alkanes) is 2. The average molecular weight is 860 g/mol. The van der Waals surface area contributed by atoms with E-state index >= 15 is 0 Å². The Morgan fingerprint density at radius 2 is 1.39 bits per heavy atom. The number of carbonyl (C=O) groups is 5. The topological polar surface area (TPSA) is 236 Å². The highest BCUT2D eigenvalue weighted by atomic mass is 16.7. The first kappa shape index (κ1) is 48.7. The summed E-state index contributed by atoms with van der Waals surface area (Å²) in [6.45, 7) is 13.9. The molecule has 2 aromatic carbocycles. The summed E-state index contributed by atoms with van der Waals surface area (Å²) >= 11 is 0. The molecule has 0 radical (unpaired) electrons. The molecule has 5 amide bonds. The van der Waals surface area contributed by atoms with Gasteiger partial charge in [0.15, 0.2) is 0 Å². The molecule has 1 saturated heterocycles. The lowest BCUT2D eigenvalue weighted by molar-refractivity contribution is -0.199. The first-order valence-electron chi connectivity index (χ1n) is 22.6. The molecule has 15 nitrogen and oxygen atoms in total. The van der Waals surface area contributed by atoms with Gasteiger partial charge in [-0.3, -0.25) is 24.0 Å².